The molecule has 1 unspecified atom stereocenters. The lowest BCUT2D eigenvalue weighted by Gasteiger charge is -2.14. The summed E-state index contributed by atoms with van der Waals surface area (Å²) in [5, 5.41) is 8.43. The third-order valence-electron chi connectivity index (χ3n) is 3.10. The van der Waals surface area contributed by atoms with Crippen molar-refractivity contribution in [3.8, 4) is 0 Å². The minimum absolute atomic E-state index is 0.124. The summed E-state index contributed by atoms with van der Waals surface area (Å²) < 4.78 is 27.7. The Morgan fingerprint density at radius 2 is 1.95 bits per heavy atom. The lowest BCUT2D eigenvalue weighted by Crippen LogP contribution is -2.20. The first kappa shape index (κ1) is 14.8. The zero-order valence-electron chi connectivity index (χ0n) is 11.2. The molecule has 0 bridgehead atoms. The lowest BCUT2D eigenvalue weighted by atomic mass is 10.1. The normalized spacial score (nSPS) is 13.3. The second kappa shape index (κ2) is 6.21. The zero-order chi connectivity index (χ0) is 14.6. The number of rotatable bonds is 6. The predicted molar refractivity (Wildman–Crippen MR) is 76.4 cm³/mol. The third-order valence-corrected chi connectivity index (χ3v) is 4.03. The standard InChI is InChI=1S/C14H18N2O3S/c1-2-13(14-4-3-9-19-14)16-10-11-5-7-12(8-6-11)20(15,17)18/h3-9,13,16H,2,10H2,1H3,(H2,15,17,18). The molecule has 5 nitrogen and oxygen atoms in total. The maximum absolute atomic E-state index is 11.2. The molecule has 2 rings (SSSR count). The Morgan fingerprint density at radius 1 is 1.25 bits per heavy atom. The molecule has 0 fully saturated rings. The summed E-state index contributed by atoms with van der Waals surface area (Å²) in [6.07, 6.45) is 2.56. The summed E-state index contributed by atoms with van der Waals surface area (Å²) in [6, 6.07) is 10.5. The van der Waals surface area contributed by atoms with Crippen LogP contribution in [-0.2, 0) is 16.6 Å². The molecule has 0 saturated heterocycles. The molecule has 0 spiro atoms. The van der Waals surface area contributed by atoms with Gasteiger partial charge in [0.25, 0.3) is 0 Å². The lowest BCUT2D eigenvalue weighted by molar-refractivity contribution is 0.403. The smallest absolute Gasteiger partial charge is 0.238 e. The van der Waals surface area contributed by atoms with Gasteiger partial charge in [-0.1, -0.05) is 19.1 Å². The van der Waals surface area contributed by atoms with Crippen LogP contribution in [0.15, 0.2) is 52.0 Å². The Morgan fingerprint density at radius 3 is 2.45 bits per heavy atom. The van der Waals surface area contributed by atoms with Crippen LogP contribution >= 0.6 is 0 Å². The van der Waals surface area contributed by atoms with Crippen LogP contribution in [0.1, 0.15) is 30.7 Å². The number of sulfonamides is 1. The van der Waals surface area contributed by atoms with Crippen LogP contribution in [-0.4, -0.2) is 8.42 Å². The predicted octanol–water partition coefficient (Wildman–Crippen LogP) is 2.17. The van der Waals surface area contributed by atoms with Gasteiger partial charge in [0.2, 0.25) is 10.0 Å². The number of hydrogen-bond donors (Lipinski definition) is 2. The van der Waals surface area contributed by atoms with E-state index in [9.17, 15) is 8.42 Å². The van der Waals surface area contributed by atoms with Gasteiger partial charge in [0, 0.05) is 6.54 Å². The summed E-state index contributed by atoms with van der Waals surface area (Å²) in [5.74, 6) is 0.897. The maximum Gasteiger partial charge on any atom is 0.238 e. The summed E-state index contributed by atoms with van der Waals surface area (Å²) in [6.45, 7) is 2.70. The van der Waals surface area contributed by atoms with E-state index in [1.807, 2.05) is 12.1 Å². The van der Waals surface area contributed by atoms with Gasteiger partial charge < -0.3 is 9.73 Å². The van der Waals surface area contributed by atoms with Crippen molar-refractivity contribution in [3.63, 3.8) is 0 Å². The average molecular weight is 294 g/mol. The molecule has 6 heteroatoms. The maximum atomic E-state index is 11.2. The molecule has 0 saturated carbocycles. The molecule has 20 heavy (non-hydrogen) atoms. The van der Waals surface area contributed by atoms with E-state index in [4.69, 9.17) is 9.56 Å². The Kier molecular flexibility index (Phi) is 4.59. The molecular weight excluding hydrogens is 276 g/mol. The Labute approximate surface area is 118 Å². The van der Waals surface area contributed by atoms with Gasteiger partial charge in [0.1, 0.15) is 5.76 Å². The van der Waals surface area contributed by atoms with Crippen LogP contribution in [0.25, 0.3) is 0 Å². The first-order valence-corrected chi connectivity index (χ1v) is 7.94. The summed E-state index contributed by atoms with van der Waals surface area (Å²) in [4.78, 5) is 0.124. The van der Waals surface area contributed by atoms with Gasteiger partial charge in [-0.05, 0) is 36.2 Å². The van der Waals surface area contributed by atoms with Gasteiger partial charge in [-0.2, -0.15) is 0 Å². The van der Waals surface area contributed by atoms with Crippen molar-refractivity contribution in [3.05, 3.63) is 54.0 Å². The van der Waals surface area contributed by atoms with Crippen LogP contribution < -0.4 is 10.5 Å². The quantitative estimate of drug-likeness (QED) is 0.855. The number of nitrogens with one attached hydrogen (secondary N) is 1. The van der Waals surface area contributed by atoms with E-state index in [0.29, 0.717) is 6.54 Å². The van der Waals surface area contributed by atoms with Crippen LogP contribution in [0.5, 0.6) is 0 Å². The fourth-order valence-corrected chi connectivity index (χ4v) is 2.49. The van der Waals surface area contributed by atoms with Crippen molar-refractivity contribution in [1.82, 2.24) is 5.32 Å². The summed E-state index contributed by atoms with van der Waals surface area (Å²) in [7, 11) is -3.63. The van der Waals surface area contributed by atoms with Crippen molar-refractivity contribution >= 4 is 10.0 Å². The molecule has 0 amide bonds. The summed E-state index contributed by atoms with van der Waals surface area (Å²) in [5.41, 5.74) is 0.988. The molecule has 1 aromatic heterocycles. The van der Waals surface area contributed by atoms with Gasteiger partial charge in [-0.3, -0.25) is 0 Å². The number of hydrogen-bond acceptors (Lipinski definition) is 4. The molecule has 1 aromatic carbocycles. The minimum atomic E-state index is -3.63. The minimum Gasteiger partial charge on any atom is -0.468 e. The van der Waals surface area contributed by atoms with Crippen molar-refractivity contribution in [2.75, 3.05) is 0 Å². The van der Waals surface area contributed by atoms with Gasteiger partial charge in [-0.15, -0.1) is 0 Å². The van der Waals surface area contributed by atoms with Gasteiger partial charge in [0.05, 0.1) is 17.2 Å². The monoisotopic (exact) mass is 294 g/mol. The molecule has 1 atom stereocenters. The zero-order valence-corrected chi connectivity index (χ0v) is 12.1. The highest BCUT2D eigenvalue weighted by atomic mass is 32.2. The largest absolute Gasteiger partial charge is 0.468 e. The van der Waals surface area contributed by atoms with E-state index in [0.717, 1.165) is 17.7 Å². The second-order valence-electron chi connectivity index (χ2n) is 4.55. The van der Waals surface area contributed by atoms with Crippen LogP contribution in [0.2, 0.25) is 0 Å². The first-order chi connectivity index (χ1) is 9.50. The van der Waals surface area contributed by atoms with Crippen LogP contribution in [0, 0.1) is 0 Å². The molecular formula is C14H18N2O3S. The van der Waals surface area contributed by atoms with Gasteiger partial charge in [-0.25, -0.2) is 13.6 Å². The second-order valence-corrected chi connectivity index (χ2v) is 6.11. The van der Waals surface area contributed by atoms with Gasteiger partial charge >= 0.3 is 0 Å². The highest BCUT2D eigenvalue weighted by Gasteiger charge is 2.11. The molecule has 0 aliphatic heterocycles. The third kappa shape index (κ3) is 3.69. The molecule has 2 aromatic rings. The van der Waals surface area contributed by atoms with Gasteiger partial charge in [0.15, 0.2) is 0 Å². The Bertz CT molecular complexity index is 634. The van der Waals surface area contributed by atoms with E-state index in [-0.39, 0.29) is 10.9 Å². The van der Waals surface area contributed by atoms with E-state index in [2.05, 4.69) is 12.2 Å². The fourth-order valence-electron chi connectivity index (χ4n) is 1.97. The fraction of sp³-hybridized carbons (Fsp3) is 0.286. The van der Waals surface area contributed by atoms with E-state index < -0.39 is 10.0 Å². The van der Waals surface area contributed by atoms with Crippen molar-refractivity contribution in [2.24, 2.45) is 5.14 Å². The van der Waals surface area contributed by atoms with E-state index in [1.54, 1.807) is 18.4 Å². The number of primary sulfonamides is 1. The Balaban J connectivity index is 2.00. The molecule has 1 heterocycles. The van der Waals surface area contributed by atoms with Crippen molar-refractivity contribution in [2.45, 2.75) is 30.8 Å². The molecule has 0 aliphatic rings. The molecule has 0 aliphatic carbocycles. The topological polar surface area (TPSA) is 85.3 Å². The van der Waals surface area contributed by atoms with Crippen molar-refractivity contribution < 1.29 is 12.8 Å². The van der Waals surface area contributed by atoms with E-state index >= 15 is 0 Å². The SMILES string of the molecule is CCC(NCc1ccc(S(N)(=O)=O)cc1)c1ccco1. The van der Waals surface area contributed by atoms with Crippen LogP contribution in [0.3, 0.4) is 0 Å². The highest BCUT2D eigenvalue weighted by Crippen LogP contribution is 2.17. The Hall–Kier alpha value is -1.63. The van der Waals surface area contributed by atoms with Crippen LogP contribution in [0.4, 0.5) is 0 Å². The number of furan rings is 1. The number of nitrogens with two attached hydrogens (primary N) is 1. The molecule has 3 N–H and O–H groups in total. The van der Waals surface area contributed by atoms with E-state index in [1.165, 1.54) is 12.1 Å². The number of benzene rings is 1. The van der Waals surface area contributed by atoms with Crippen molar-refractivity contribution in [1.29, 1.82) is 0 Å². The molecule has 0 radical (unpaired) electrons. The summed E-state index contributed by atoms with van der Waals surface area (Å²) >= 11 is 0. The highest BCUT2D eigenvalue weighted by molar-refractivity contribution is 7.89. The average Bonchev–Trinajstić information content (AvgIpc) is 2.93. The molecule has 108 valence electrons. The first-order valence-electron chi connectivity index (χ1n) is 6.39.